The van der Waals surface area contributed by atoms with Crippen LogP contribution in [-0.4, -0.2) is 0 Å². The molecule has 1 aromatic heterocycles. The zero-order chi connectivity index (χ0) is 11.4. The normalized spacial score (nSPS) is 12.6. The van der Waals surface area contributed by atoms with Crippen LogP contribution in [0, 0.1) is 0 Å². The van der Waals surface area contributed by atoms with E-state index in [1.54, 1.807) is 6.26 Å². The quantitative estimate of drug-likeness (QED) is 0.634. The average Bonchev–Trinajstić information content (AvgIpc) is 2.78. The smallest absolute Gasteiger partial charge is 0.105 e. The minimum Gasteiger partial charge on any atom is -0.469 e. The zero-order valence-electron chi connectivity index (χ0n) is 8.69. The summed E-state index contributed by atoms with van der Waals surface area (Å²) in [6.07, 6.45) is 2.35. The molecule has 2 aromatic rings. The molecule has 16 heavy (non-hydrogen) atoms. The molecule has 1 heterocycles. The van der Waals surface area contributed by atoms with Crippen molar-refractivity contribution in [3.63, 3.8) is 0 Å². The van der Waals surface area contributed by atoms with Crippen LogP contribution in [0.4, 0.5) is 0 Å². The van der Waals surface area contributed by atoms with Crippen molar-refractivity contribution in [1.29, 1.82) is 0 Å². The van der Waals surface area contributed by atoms with Crippen LogP contribution in [0.3, 0.4) is 0 Å². The molecule has 1 atom stereocenters. The molecule has 3 N–H and O–H groups in total. The van der Waals surface area contributed by atoms with Gasteiger partial charge in [-0.15, -0.1) is 0 Å². The predicted octanol–water partition coefficient (Wildman–Crippen LogP) is 2.68. The topological polar surface area (TPSA) is 51.2 Å². The van der Waals surface area contributed by atoms with Crippen LogP contribution in [0.2, 0.25) is 5.02 Å². The van der Waals surface area contributed by atoms with Gasteiger partial charge in [0.15, 0.2) is 0 Å². The SMILES string of the molecule is NNC(Cc1ccco1)c1cccc(Cl)c1. The van der Waals surface area contributed by atoms with Crippen LogP contribution in [0.5, 0.6) is 0 Å². The van der Waals surface area contributed by atoms with Crippen molar-refractivity contribution in [2.24, 2.45) is 5.84 Å². The lowest BCUT2D eigenvalue weighted by atomic mass is 10.0. The lowest BCUT2D eigenvalue weighted by molar-refractivity contribution is 0.455. The van der Waals surface area contributed by atoms with Crippen molar-refractivity contribution in [2.75, 3.05) is 0 Å². The fraction of sp³-hybridized carbons (Fsp3) is 0.167. The van der Waals surface area contributed by atoms with E-state index >= 15 is 0 Å². The molecule has 1 aromatic carbocycles. The first-order chi connectivity index (χ1) is 7.79. The summed E-state index contributed by atoms with van der Waals surface area (Å²) in [4.78, 5) is 0. The molecule has 3 nitrogen and oxygen atoms in total. The van der Waals surface area contributed by atoms with Gasteiger partial charge in [-0.05, 0) is 29.8 Å². The second-order valence-electron chi connectivity index (χ2n) is 3.56. The Morgan fingerprint density at radius 3 is 2.81 bits per heavy atom. The first kappa shape index (κ1) is 11.2. The van der Waals surface area contributed by atoms with Gasteiger partial charge in [-0.1, -0.05) is 23.7 Å². The number of nitrogens with one attached hydrogen (secondary N) is 1. The maximum Gasteiger partial charge on any atom is 0.105 e. The maximum atomic E-state index is 5.94. The number of rotatable bonds is 4. The molecule has 0 radical (unpaired) electrons. The molecule has 0 bridgehead atoms. The molecule has 0 aliphatic heterocycles. The molecule has 0 aliphatic rings. The van der Waals surface area contributed by atoms with Crippen molar-refractivity contribution >= 4 is 11.6 Å². The third-order valence-electron chi connectivity index (χ3n) is 2.44. The summed E-state index contributed by atoms with van der Waals surface area (Å²) in [6.45, 7) is 0. The van der Waals surface area contributed by atoms with Crippen LogP contribution >= 0.6 is 11.6 Å². The summed E-state index contributed by atoms with van der Waals surface area (Å²) in [5.41, 5.74) is 3.81. The van der Waals surface area contributed by atoms with Crippen molar-refractivity contribution in [3.05, 3.63) is 59.0 Å². The van der Waals surface area contributed by atoms with E-state index in [1.165, 1.54) is 0 Å². The van der Waals surface area contributed by atoms with Gasteiger partial charge in [-0.3, -0.25) is 11.3 Å². The molecule has 4 heteroatoms. The van der Waals surface area contributed by atoms with Gasteiger partial charge >= 0.3 is 0 Å². The number of hydrogen-bond donors (Lipinski definition) is 2. The second-order valence-corrected chi connectivity index (χ2v) is 3.99. The Labute approximate surface area is 99.2 Å². The second kappa shape index (κ2) is 5.16. The monoisotopic (exact) mass is 236 g/mol. The molecule has 0 aliphatic carbocycles. The first-order valence-corrected chi connectivity index (χ1v) is 5.41. The number of halogens is 1. The van der Waals surface area contributed by atoms with E-state index in [2.05, 4.69) is 5.43 Å². The molecular weight excluding hydrogens is 224 g/mol. The van der Waals surface area contributed by atoms with E-state index in [0.29, 0.717) is 11.4 Å². The summed E-state index contributed by atoms with van der Waals surface area (Å²) >= 11 is 5.94. The molecule has 0 saturated carbocycles. The molecular formula is C12H13ClN2O. The van der Waals surface area contributed by atoms with E-state index in [4.69, 9.17) is 21.9 Å². The van der Waals surface area contributed by atoms with Crippen LogP contribution in [0.1, 0.15) is 17.4 Å². The number of hydrazine groups is 1. The third kappa shape index (κ3) is 2.64. The highest BCUT2D eigenvalue weighted by Gasteiger charge is 2.12. The Morgan fingerprint density at radius 2 is 2.19 bits per heavy atom. The Bertz CT molecular complexity index is 442. The summed E-state index contributed by atoms with van der Waals surface area (Å²) < 4.78 is 5.29. The maximum absolute atomic E-state index is 5.94. The highest BCUT2D eigenvalue weighted by atomic mass is 35.5. The van der Waals surface area contributed by atoms with E-state index in [9.17, 15) is 0 Å². The van der Waals surface area contributed by atoms with Crippen molar-refractivity contribution in [3.8, 4) is 0 Å². The van der Waals surface area contributed by atoms with Crippen LogP contribution in [0.15, 0.2) is 47.1 Å². The fourth-order valence-electron chi connectivity index (χ4n) is 1.63. The average molecular weight is 237 g/mol. The number of hydrogen-bond acceptors (Lipinski definition) is 3. The van der Waals surface area contributed by atoms with E-state index in [-0.39, 0.29) is 6.04 Å². The molecule has 84 valence electrons. The van der Waals surface area contributed by atoms with E-state index < -0.39 is 0 Å². The van der Waals surface area contributed by atoms with E-state index in [0.717, 1.165) is 11.3 Å². The standard InChI is InChI=1S/C12H13ClN2O/c13-10-4-1-3-9(7-10)12(15-14)8-11-5-2-6-16-11/h1-7,12,15H,8,14H2. The third-order valence-corrected chi connectivity index (χ3v) is 2.67. The zero-order valence-corrected chi connectivity index (χ0v) is 9.45. The largest absolute Gasteiger partial charge is 0.469 e. The molecule has 2 rings (SSSR count). The minimum absolute atomic E-state index is 0.00449. The van der Waals surface area contributed by atoms with Gasteiger partial charge in [0, 0.05) is 11.4 Å². The lowest BCUT2D eigenvalue weighted by Crippen LogP contribution is -2.29. The Balaban J connectivity index is 2.16. The number of benzene rings is 1. The van der Waals surface area contributed by atoms with Crippen LogP contribution in [0.25, 0.3) is 0 Å². The highest BCUT2D eigenvalue weighted by molar-refractivity contribution is 6.30. The van der Waals surface area contributed by atoms with Crippen molar-refractivity contribution in [1.82, 2.24) is 5.43 Å². The minimum atomic E-state index is 0.00449. The molecule has 0 amide bonds. The Morgan fingerprint density at radius 1 is 1.31 bits per heavy atom. The molecule has 0 fully saturated rings. The Hall–Kier alpha value is -1.29. The van der Waals surface area contributed by atoms with Crippen LogP contribution < -0.4 is 11.3 Å². The van der Waals surface area contributed by atoms with Crippen molar-refractivity contribution < 1.29 is 4.42 Å². The highest BCUT2D eigenvalue weighted by Crippen LogP contribution is 2.20. The van der Waals surface area contributed by atoms with Gasteiger partial charge in [-0.2, -0.15) is 0 Å². The van der Waals surface area contributed by atoms with E-state index in [1.807, 2.05) is 36.4 Å². The number of nitrogens with two attached hydrogens (primary N) is 1. The van der Waals surface area contributed by atoms with Crippen LogP contribution in [-0.2, 0) is 6.42 Å². The summed E-state index contributed by atoms with van der Waals surface area (Å²) in [5.74, 6) is 6.43. The summed E-state index contributed by atoms with van der Waals surface area (Å²) in [5, 5.41) is 0.706. The lowest BCUT2D eigenvalue weighted by Gasteiger charge is -2.15. The van der Waals surface area contributed by atoms with Gasteiger partial charge in [0.05, 0.1) is 12.3 Å². The molecule has 0 spiro atoms. The Kier molecular flexibility index (Phi) is 3.62. The first-order valence-electron chi connectivity index (χ1n) is 5.03. The van der Waals surface area contributed by atoms with Gasteiger partial charge in [0.25, 0.3) is 0 Å². The van der Waals surface area contributed by atoms with Gasteiger partial charge in [-0.25, -0.2) is 0 Å². The molecule has 0 saturated heterocycles. The van der Waals surface area contributed by atoms with Gasteiger partial charge < -0.3 is 4.42 Å². The summed E-state index contributed by atoms with van der Waals surface area (Å²) in [6, 6.07) is 11.4. The van der Waals surface area contributed by atoms with Gasteiger partial charge in [0.2, 0.25) is 0 Å². The number of furan rings is 1. The fourth-order valence-corrected chi connectivity index (χ4v) is 1.82. The molecule has 1 unspecified atom stereocenters. The van der Waals surface area contributed by atoms with Gasteiger partial charge in [0.1, 0.15) is 5.76 Å². The predicted molar refractivity (Wildman–Crippen MR) is 63.9 cm³/mol. The van der Waals surface area contributed by atoms with Crippen molar-refractivity contribution in [2.45, 2.75) is 12.5 Å². The summed E-state index contributed by atoms with van der Waals surface area (Å²) in [7, 11) is 0.